The lowest BCUT2D eigenvalue weighted by Gasteiger charge is -2.19. The second-order valence-electron chi connectivity index (χ2n) is 7.62. The van der Waals surface area contributed by atoms with Crippen molar-refractivity contribution in [2.75, 3.05) is 23.3 Å². The van der Waals surface area contributed by atoms with Gasteiger partial charge in [0.2, 0.25) is 0 Å². The van der Waals surface area contributed by atoms with E-state index in [0.29, 0.717) is 58.6 Å². The molecule has 0 saturated carbocycles. The number of aromatic nitrogens is 1. The molecule has 9 nitrogen and oxygen atoms in total. The lowest BCUT2D eigenvalue weighted by atomic mass is 10.1. The van der Waals surface area contributed by atoms with Gasteiger partial charge in [-0.1, -0.05) is 0 Å². The van der Waals surface area contributed by atoms with Gasteiger partial charge in [-0.05, 0) is 62.7 Å². The summed E-state index contributed by atoms with van der Waals surface area (Å²) in [4.78, 5) is 27.4. The number of aromatic amines is 1. The molecule has 1 aliphatic rings. The minimum absolute atomic E-state index is 0.0444. The topological polar surface area (TPSA) is 127 Å². The van der Waals surface area contributed by atoms with E-state index in [0.717, 1.165) is 0 Å². The predicted molar refractivity (Wildman–Crippen MR) is 123 cm³/mol. The third-order valence-electron chi connectivity index (χ3n) is 5.24. The van der Waals surface area contributed by atoms with Crippen molar-refractivity contribution in [3.05, 3.63) is 65.0 Å². The van der Waals surface area contributed by atoms with Crippen LogP contribution in [0.4, 0.5) is 11.4 Å². The molecular weight excluding hydrogens is 446 g/mol. The van der Waals surface area contributed by atoms with E-state index in [1.54, 1.807) is 44.2 Å². The average Bonchev–Trinajstić information content (AvgIpc) is 3.08. The van der Waals surface area contributed by atoms with Crippen molar-refractivity contribution in [3.63, 3.8) is 0 Å². The third-order valence-corrected chi connectivity index (χ3v) is 6.61. The third kappa shape index (κ3) is 4.56. The first-order valence-electron chi connectivity index (χ1n) is 10.2. The number of carbonyl (C=O) groups excluding carboxylic acids is 2. The molecule has 1 aromatic heterocycles. The fourth-order valence-electron chi connectivity index (χ4n) is 3.73. The molecule has 33 heavy (non-hydrogen) atoms. The van der Waals surface area contributed by atoms with Crippen LogP contribution in [-0.4, -0.2) is 38.3 Å². The zero-order valence-electron chi connectivity index (χ0n) is 18.3. The molecule has 4 rings (SSSR count). The monoisotopic (exact) mass is 469 g/mol. The highest BCUT2D eigenvalue weighted by molar-refractivity contribution is 7.92. The highest BCUT2D eigenvalue weighted by Gasteiger charge is 2.21. The van der Waals surface area contributed by atoms with E-state index < -0.39 is 15.9 Å². The number of anilines is 2. The highest BCUT2D eigenvalue weighted by Crippen LogP contribution is 2.33. The van der Waals surface area contributed by atoms with Gasteiger partial charge in [0.25, 0.3) is 15.9 Å². The summed E-state index contributed by atoms with van der Waals surface area (Å²) in [7, 11) is -3.85. The summed E-state index contributed by atoms with van der Waals surface area (Å²) in [6, 6.07) is 10.7. The predicted octanol–water partition coefficient (Wildman–Crippen LogP) is 3.66. The fraction of sp³-hybridized carbons (Fsp3) is 0.217. The summed E-state index contributed by atoms with van der Waals surface area (Å²) >= 11 is 0. The van der Waals surface area contributed by atoms with Crippen LogP contribution in [0.1, 0.15) is 39.0 Å². The Labute approximate surface area is 191 Å². The molecule has 0 spiro atoms. The van der Waals surface area contributed by atoms with Crippen LogP contribution in [0.25, 0.3) is 0 Å². The smallest absolute Gasteiger partial charge is 0.272 e. The largest absolute Gasteiger partial charge is 0.486 e. The molecule has 0 bridgehead atoms. The van der Waals surface area contributed by atoms with Gasteiger partial charge in [0.1, 0.15) is 18.9 Å². The van der Waals surface area contributed by atoms with Crippen LogP contribution in [0, 0.1) is 13.8 Å². The Morgan fingerprint density at radius 3 is 2.21 bits per heavy atom. The van der Waals surface area contributed by atoms with Crippen molar-refractivity contribution in [3.8, 4) is 11.5 Å². The molecule has 1 aliphatic heterocycles. The Balaban J connectivity index is 1.47. The van der Waals surface area contributed by atoms with E-state index in [1.807, 2.05) is 0 Å². The van der Waals surface area contributed by atoms with Crippen molar-refractivity contribution in [1.82, 2.24) is 4.98 Å². The van der Waals surface area contributed by atoms with Crippen LogP contribution < -0.4 is 19.5 Å². The van der Waals surface area contributed by atoms with Crippen molar-refractivity contribution >= 4 is 33.1 Å². The van der Waals surface area contributed by atoms with Gasteiger partial charge in [0.05, 0.1) is 4.90 Å². The van der Waals surface area contributed by atoms with Crippen LogP contribution >= 0.6 is 0 Å². The van der Waals surface area contributed by atoms with Crippen LogP contribution in [-0.2, 0) is 10.0 Å². The number of benzene rings is 2. The number of nitrogens with one attached hydrogen (secondary N) is 3. The lowest BCUT2D eigenvalue weighted by molar-refractivity contribution is 0.101. The summed E-state index contributed by atoms with van der Waals surface area (Å²) in [6.45, 7) is 5.68. The van der Waals surface area contributed by atoms with E-state index in [-0.39, 0.29) is 10.7 Å². The first kappa shape index (κ1) is 22.4. The number of carbonyl (C=O) groups is 2. The number of ether oxygens (including phenoxy) is 2. The maximum absolute atomic E-state index is 12.8. The van der Waals surface area contributed by atoms with Gasteiger partial charge in [-0.15, -0.1) is 0 Å². The maximum atomic E-state index is 12.8. The molecule has 1 amide bonds. The molecule has 2 aromatic carbocycles. The molecule has 0 aliphatic carbocycles. The van der Waals surface area contributed by atoms with Gasteiger partial charge < -0.3 is 19.8 Å². The number of amides is 1. The first-order chi connectivity index (χ1) is 15.7. The van der Waals surface area contributed by atoms with E-state index in [1.165, 1.54) is 19.1 Å². The summed E-state index contributed by atoms with van der Waals surface area (Å²) in [6.07, 6.45) is 0. The minimum atomic E-state index is -3.85. The molecule has 0 radical (unpaired) electrons. The Morgan fingerprint density at radius 1 is 0.939 bits per heavy atom. The summed E-state index contributed by atoms with van der Waals surface area (Å²) in [5.74, 6) is 0.371. The maximum Gasteiger partial charge on any atom is 0.272 e. The number of H-pyrrole nitrogens is 1. The summed E-state index contributed by atoms with van der Waals surface area (Å²) in [5, 5.41) is 2.75. The van der Waals surface area contributed by atoms with E-state index in [2.05, 4.69) is 15.0 Å². The number of Topliss-reactive ketones (excluding diaryl/α,β-unsaturated/α-hetero) is 1. The minimum Gasteiger partial charge on any atom is -0.486 e. The Bertz CT molecular complexity index is 1340. The number of hydrogen-bond donors (Lipinski definition) is 3. The van der Waals surface area contributed by atoms with Gasteiger partial charge in [0.15, 0.2) is 17.3 Å². The van der Waals surface area contributed by atoms with Crippen molar-refractivity contribution in [2.24, 2.45) is 0 Å². The first-order valence-corrected chi connectivity index (χ1v) is 11.7. The summed E-state index contributed by atoms with van der Waals surface area (Å²) < 4.78 is 38.9. The molecule has 10 heteroatoms. The van der Waals surface area contributed by atoms with Crippen molar-refractivity contribution in [1.29, 1.82) is 0 Å². The van der Waals surface area contributed by atoms with Crippen LogP contribution in [0.2, 0.25) is 0 Å². The van der Waals surface area contributed by atoms with Crippen molar-refractivity contribution < 1.29 is 27.5 Å². The number of aryl methyl sites for hydroxylation is 1. The normalized spacial score (nSPS) is 12.8. The molecule has 2 heterocycles. The molecule has 0 unspecified atom stereocenters. The molecular formula is C23H23N3O6S. The number of fused-ring (bicyclic) bond motifs is 1. The van der Waals surface area contributed by atoms with Gasteiger partial charge >= 0.3 is 0 Å². The zero-order chi connectivity index (χ0) is 23.8. The lowest BCUT2D eigenvalue weighted by Crippen LogP contribution is -2.17. The van der Waals surface area contributed by atoms with Gasteiger partial charge in [0, 0.05) is 28.7 Å². The molecule has 0 fully saturated rings. The summed E-state index contributed by atoms with van der Waals surface area (Å²) in [5.41, 5.74) is 2.83. The number of ketones is 1. The van der Waals surface area contributed by atoms with Crippen LogP contribution in [0.3, 0.4) is 0 Å². The quantitative estimate of drug-likeness (QED) is 0.473. The van der Waals surface area contributed by atoms with Crippen LogP contribution in [0.5, 0.6) is 11.5 Å². The molecule has 172 valence electrons. The molecule has 0 saturated heterocycles. The van der Waals surface area contributed by atoms with E-state index in [4.69, 9.17) is 9.47 Å². The molecule has 3 aromatic rings. The number of sulfonamides is 1. The second kappa shape index (κ2) is 8.62. The average molecular weight is 470 g/mol. The van der Waals surface area contributed by atoms with Crippen molar-refractivity contribution in [2.45, 2.75) is 25.7 Å². The van der Waals surface area contributed by atoms with Gasteiger partial charge in [-0.3, -0.25) is 14.3 Å². The highest BCUT2D eigenvalue weighted by atomic mass is 32.2. The zero-order valence-corrected chi connectivity index (χ0v) is 19.1. The Morgan fingerprint density at radius 2 is 1.58 bits per heavy atom. The standard InChI is InChI=1S/C23H23N3O6S/c1-13-21(15(3)27)14(2)24-22(13)23(28)25-16-4-6-17(7-5-16)26-33(29,30)18-8-9-19-20(12-18)32-11-10-31-19/h4-9,12,24,26H,10-11H2,1-3H3,(H,25,28). The Kier molecular flexibility index (Phi) is 5.86. The van der Waals surface area contributed by atoms with Gasteiger partial charge in [-0.2, -0.15) is 0 Å². The Hall–Kier alpha value is -3.79. The van der Waals surface area contributed by atoms with Gasteiger partial charge in [-0.25, -0.2) is 8.42 Å². The number of rotatable bonds is 6. The number of hydrogen-bond acceptors (Lipinski definition) is 6. The van der Waals surface area contributed by atoms with E-state index >= 15 is 0 Å². The van der Waals surface area contributed by atoms with Crippen LogP contribution in [0.15, 0.2) is 47.4 Å². The van der Waals surface area contributed by atoms with E-state index in [9.17, 15) is 18.0 Å². The molecule has 0 atom stereocenters. The fourth-order valence-corrected chi connectivity index (χ4v) is 4.80. The molecule has 3 N–H and O–H groups in total. The SMILES string of the molecule is CC(=O)c1c(C)[nH]c(C(=O)Nc2ccc(NS(=O)(=O)c3ccc4c(c3)OCCO4)cc2)c1C. The second-order valence-corrected chi connectivity index (χ2v) is 9.31.